The van der Waals surface area contributed by atoms with Crippen LogP contribution in [-0.2, 0) is 0 Å². The van der Waals surface area contributed by atoms with Crippen LogP contribution < -0.4 is 27.0 Å². The van der Waals surface area contributed by atoms with Crippen LogP contribution in [0.2, 0.25) is 0 Å². The monoisotopic (exact) mass is 529 g/mol. The van der Waals surface area contributed by atoms with Gasteiger partial charge in [0.25, 0.3) is 0 Å². The highest BCUT2D eigenvalue weighted by molar-refractivity contribution is 14.1. The van der Waals surface area contributed by atoms with Gasteiger partial charge < -0.3 is 31.9 Å². The summed E-state index contributed by atoms with van der Waals surface area (Å²) in [5, 5.41) is 24.2. The molecule has 0 amide bonds. The van der Waals surface area contributed by atoms with Gasteiger partial charge in [0.2, 0.25) is 0 Å². The molecule has 3 atom stereocenters. The first-order valence-corrected chi connectivity index (χ1v) is 11.1. The molecule has 0 aliphatic carbocycles. The maximum atomic E-state index is 9.17. The summed E-state index contributed by atoms with van der Waals surface area (Å²) in [6.07, 6.45) is 5.20. The number of allylic oxidation sites excluding steroid dienone is 1. The fourth-order valence-corrected chi connectivity index (χ4v) is 4.61. The lowest BCUT2D eigenvalue weighted by molar-refractivity contribution is 0.373. The first kappa shape index (κ1) is 21.2. The Morgan fingerprint density at radius 1 is 1.35 bits per heavy atom. The molecule has 160 valence electrons. The Balaban J connectivity index is 1.81. The number of nitrogens with two attached hydrogens (primary N) is 2. The molecule has 31 heavy (non-hydrogen) atoms. The van der Waals surface area contributed by atoms with Crippen molar-refractivity contribution in [1.29, 1.82) is 10.7 Å². The van der Waals surface area contributed by atoms with Crippen molar-refractivity contribution in [3.05, 3.63) is 65.0 Å². The van der Waals surface area contributed by atoms with Gasteiger partial charge in [-0.1, -0.05) is 22.6 Å². The van der Waals surface area contributed by atoms with Gasteiger partial charge in [-0.15, -0.1) is 0 Å². The van der Waals surface area contributed by atoms with E-state index >= 15 is 0 Å². The van der Waals surface area contributed by atoms with Crippen molar-refractivity contribution in [3.8, 4) is 6.07 Å². The van der Waals surface area contributed by atoms with Gasteiger partial charge in [-0.05, 0) is 37.3 Å². The first-order valence-electron chi connectivity index (χ1n) is 9.85. The molecule has 1 aromatic rings. The van der Waals surface area contributed by atoms with Crippen molar-refractivity contribution < 1.29 is 0 Å². The van der Waals surface area contributed by atoms with Crippen molar-refractivity contribution >= 4 is 40.3 Å². The Bertz CT molecular complexity index is 1050. The summed E-state index contributed by atoms with van der Waals surface area (Å²) in [6.45, 7) is 2.94. The van der Waals surface area contributed by atoms with Crippen molar-refractivity contribution in [2.75, 3.05) is 18.0 Å². The number of nitrogens with one attached hydrogen (secondary N) is 3. The molecule has 0 fully saturated rings. The molecule has 1 aromatic carbocycles. The number of benzene rings is 1. The third kappa shape index (κ3) is 4.11. The lowest BCUT2D eigenvalue weighted by Crippen LogP contribution is -2.51. The van der Waals surface area contributed by atoms with Gasteiger partial charge >= 0.3 is 0 Å². The zero-order chi connectivity index (χ0) is 22.1. The van der Waals surface area contributed by atoms with Crippen molar-refractivity contribution in [2.24, 2.45) is 16.5 Å². The maximum Gasteiger partial charge on any atom is 0.138 e. The third-order valence-electron chi connectivity index (χ3n) is 5.44. The van der Waals surface area contributed by atoms with Gasteiger partial charge in [-0.3, -0.25) is 5.41 Å². The third-order valence-corrected chi connectivity index (χ3v) is 6.57. The Hall–Kier alpha value is -3.04. The molecule has 7 N–H and O–H groups in total. The van der Waals surface area contributed by atoms with Crippen LogP contribution in [0.3, 0.4) is 0 Å². The Kier molecular flexibility index (Phi) is 5.88. The Labute approximate surface area is 194 Å². The number of dihydropyridines is 1. The highest BCUT2D eigenvalue weighted by Crippen LogP contribution is 2.33. The number of aliphatic imine (C=N–C) groups is 1. The molecule has 0 radical (unpaired) electrons. The molecule has 0 spiro atoms. The number of halogens is 1. The number of hydrogen-bond acceptors (Lipinski definition) is 8. The van der Waals surface area contributed by atoms with E-state index in [1.165, 1.54) is 0 Å². The predicted octanol–water partition coefficient (Wildman–Crippen LogP) is 1.26. The average molecular weight is 529 g/mol. The topological polar surface area (TPSA) is 143 Å². The standard InChI is InChI=1S/C21H24IN9/c1-12(24)31-19-9-27-16(17-8-29-20(25)10-28-17)6-18(19)30(11-15(22)21(31)26)14-4-2-13(7-23)3-5-14/h2-6,8,10,15,17,21,24,27-28H,9,11,25-26H2,1H3/t15-,17?,21?/m1/s1. The minimum Gasteiger partial charge on any atom is -0.383 e. The predicted molar refractivity (Wildman–Crippen MR) is 130 cm³/mol. The second kappa shape index (κ2) is 8.60. The summed E-state index contributed by atoms with van der Waals surface area (Å²) in [7, 11) is 0. The number of nitrogens with zero attached hydrogens (tertiary/aromatic N) is 4. The second-order valence-electron chi connectivity index (χ2n) is 7.51. The highest BCUT2D eigenvalue weighted by atomic mass is 127. The van der Waals surface area contributed by atoms with Crippen LogP contribution >= 0.6 is 22.6 Å². The van der Waals surface area contributed by atoms with Crippen LogP contribution in [0.1, 0.15) is 12.5 Å². The van der Waals surface area contributed by atoms with E-state index in [-0.39, 0.29) is 16.1 Å². The number of hydrogen-bond donors (Lipinski definition) is 5. The fraction of sp³-hybridized carbons (Fsp3) is 0.286. The maximum absolute atomic E-state index is 9.17. The van der Waals surface area contributed by atoms with E-state index in [1.54, 1.807) is 19.3 Å². The largest absolute Gasteiger partial charge is 0.383 e. The van der Waals surface area contributed by atoms with Crippen molar-refractivity contribution in [3.63, 3.8) is 0 Å². The molecular formula is C21H24IN9. The van der Waals surface area contributed by atoms with Crippen molar-refractivity contribution in [2.45, 2.75) is 23.1 Å². The van der Waals surface area contributed by atoms with Crippen LogP contribution in [0.15, 0.2) is 64.4 Å². The molecule has 10 heteroatoms. The second-order valence-corrected chi connectivity index (χ2v) is 9.11. The summed E-state index contributed by atoms with van der Waals surface area (Å²) in [6, 6.07) is 9.57. The minimum atomic E-state index is -0.333. The highest BCUT2D eigenvalue weighted by Gasteiger charge is 2.36. The molecule has 9 nitrogen and oxygen atoms in total. The molecule has 0 saturated heterocycles. The summed E-state index contributed by atoms with van der Waals surface area (Å²) < 4.78 is 0.0630. The van der Waals surface area contributed by atoms with Gasteiger partial charge in [0.15, 0.2) is 0 Å². The molecule has 3 aliphatic heterocycles. The molecule has 0 saturated carbocycles. The van der Waals surface area contributed by atoms with Crippen LogP contribution in [0, 0.1) is 16.7 Å². The van der Waals surface area contributed by atoms with E-state index in [4.69, 9.17) is 22.1 Å². The lowest BCUT2D eigenvalue weighted by Gasteiger charge is -2.36. The van der Waals surface area contributed by atoms with Gasteiger partial charge in [0, 0.05) is 30.3 Å². The zero-order valence-electron chi connectivity index (χ0n) is 17.0. The van der Waals surface area contributed by atoms with E-state index in [0.717, 1.165) is 22.8 Å². The Morgan fingerprint density at radius 2 is 2.10 bits per heavy atom. The molecular weight excluding hydrogens is 505 g/mol. The van der Waals surface area contributed by atoms with Crippen LogP contribution in [-0.4, -0.2) is 46.2 Å². The van der Waals surface area contributed by atoms with Crippen LogP contribution in [0.25, 0.3) is 0 Å². The minimum absolute atomic E-state index is 0.0630. The van der Waals surface area contributed by atoms with Crippen LogP contribution in [0.4, 0.5) is 5.69 Å². The zero-order valence-corrected chi connectivity index (χ0v) is 19.2. The lowest BCUT2D eigenvalue weighted by atomic mass is 10.1. The van der Waals surface area contributed by atoms with Gasteiger partial charge in [0.05, 0.1) is 45.5 Å². The molecule has 2 unspecified atom stereocenters. The smallest absolute Gasteiger partial charge is 0.138 e. The van der Waals surface area contributed by atoms with E-state index in [2.05, 4.69) is 55.3 Å². The molecule has 3 aliphatic rings. The number of rotatable bonds is 2. The normalized spacial score (nSPS) is 25.4. The van der Waals surface area contributed by atoms with E-state index in [0.29, 0.717) is 30.3 Å². The quantitative estimate of drug-likeness (QED) is 0.168. The van der Waals surface area contributed by atoms with E-state index in [9.17, 15) is 0 Å². The summed E-state index contributed by atoms with van der Waals surface area (Å²) in [4.78, 5) is 8.33. The fourth-order valence-electron chi connectivity index (χ4n) is 3.90. The van der Waals surface area contributed by atoms with Gasteiger partial charge in [-0.2, -0.15) is 5.26 Å². The number of anilines is 1. The molecule has 4 rings (SSSR count). The summed E-state index contributed by atoms with van der Waals surface area (Å²) >= 11 is 2.36. The summed E-state index contributed by atoms with van der Waals surface area (Å²) in [5.74, 6) is 0.834. The molecule has 0 aromatic heterocycles. The SMILES string of the molecule is CC(=N)N1C2=C(C=C(C3C=NC(N)=CN3)NC2)N(c2ccc(C#N)cc2)C[C@@H](I)C1N. The number of nitriles is 1. The van der Waals surface area contributed by atoms with Crippen molar-refractivity contribution in [1.82, 2.24) is 15.5 Å². The molecule has 3 heterocycles. The molecule has 0 bridgehead atoms. The average Bonchev–Trinajstić information content (AvgIpc) is 2.88. The van der Waals surface area contributed by atoms with E-state index < -0.39 is 0 Å². The summed E-state index contributed by atoms with van der Waals surface area (Å²) in [5.41, 5.74) is 16.8. The van der Waals surface area contributed by atoms with E-state index in [1.807, 2.05) is 29.2 Å². The first-order chi connectivity index (χ1) is 14.9. The van der Waals surface area contributed by atoms with Gasteiger partial charge in [-0.25, -0.2) is 4.99 Å². The van der Waals surface area contributed by atoms with Gasteiger partial charge in [0.1, 0.15) is 11.9 Å². The van der Waals surface area contributed by atoms with Crippen LogP contribution in [0.5, 0.6) is 0 Å². The Morgan fingerprint density at radius 3 is 2.71 bits per heavy atom. The number of amidine groups is 1. The number of alkyl halides is 1.